The van der Waals surface area contributed by atoms with Gasteiger partial charge in [0, 0.05) is 31.6 Å². The average molecular weight is 288 g/mol. The Bertz CT molecular complexity index is 689. The quantitative estimate of drug-likeness (QED) is 0.878. The predicted octanol–water partition coefficient (Wildman–Crippen LogP) is 0.291. The summed E-state index contributed by atoms with van der Waals surface area (Å²) in [6, 6.07) is 0. The molecule has 0 aromatic carbocycles. The molecule has 1 aliphatic rings. The number of rotatable bonds is 3. The van der Waals surface area contributed by atoms with Crippen LogP contribution in [0.25, 0.3) is 0 Å². The third kappa shape index (κ3) is 2.87. The van der Waals surface area contributed by atoms with E-state index in [9.17, 15) is 4.79 Å². The zero-order chi connectivity index (χ0) is 14.8. The van der Waals surface area contributed by atoms with E-state index in [-0.39, 0.29) is 5.56 Å². The van der Waals surface area contributed by atoms with Crippen molar-refractivity contribution in [2.24, 2.45) is 0 Å². The molecule has 0 atom stereocenters. The van der Waals surface area contributed by atoms with Gasteiger partial charge < -0.3 is 4.98 Å². The van der Waals surface area contributed by atoms with Gasteiger partial charge in [0.2, 0.25) is 0 Å². The van der Waals surface area contributed by atoms with Crippen molar-refractivity contribution in [1.82, 2.24) is 29.6 Å². The van der Waals surface area contributed by atoms with Crippen LogP contribution in [-0.4, -0.2) is 42.7 Å². The van der Waals surface area contributed by atoms with Crippen molar-refractivity contribution >= 4 is 0 Å². The highest BCUT2D eigenvalue weighted by Gasteiger charge is 2.19. The van der Waals surface area contributed by atoms with Crippen LogP contribution in [-0.2, 0) is 25.9 Å². The van der Waals surface area contributed by atoms with E-state index in [1.165, 1.54) is 0 Å². The number of H-pyrrole nitrogens is 1. The third-order valence-corrected chi connectivity index (χ3v) is 3.92. The lowest BCUT2D eigenvalue weighted by atomic mass is 10.1. The van der Waals surface area contributed by atoms with Gasteiger partial charge in [0.1, 0.15) is 18.0 Å². The first-order chi connectivity index (χ1) is 10.2. The summed E-state index contributed by atoms with van der Waals surface area (Å²) in [5.41, 5.74) is 1.78. The molecular weight excluding hydrogens is 268 g/mol. The highest BCUT2D eigenvalue weighted by Crippen LogP contribution is 2.12. The SMILES string of the molecule is CCn1ncnc1CN1CCc2nc(C)[nH]c(=O)c2CC1. The van der Waals surface area contributed by atoms with Crippen LogP contribution in [0.5, 0.6) is 0 Å². The Balaban J connectivity index is 1.76. The molecule has 0 bridgehead atoms. The van der Waals surface area contributed by atoms with Gasteiger partial charge in [0.15, 0.2) is 0 Å². The number of nitrogens with one attached hydrogen (secondary N) is 1. The van der Waals surface area contributed by atoms with E-state index in [0.717, 1.165) is 56.1 Å². The largest absolute Gasteiger partial charge is 0.311 e. The molecule has 0 aliphatic carbocycles. The lowest BCUT2D eigenvalue weighted by molar-refractivity contribution is 0.266. The van der Waals surface area contributed by atoms with E-state index in [2.05, 4.69) is 31.9 Å². The molecule has 0 fully saturated rings. The minimum absolute atomic E-state index is 0.0103. The molecule has 7 nitrogen and oxygen atoms in total. The molecule has 2 aromatic rings. The van der Waals surface area contributed by atoms with Crippen LogP contribution in [0, 0.1) is 6.92 Å². The molecule has 112 valence electrons. The molecule has 0 unspecified atom stereocenters. The molecule has 3 rings (SSSR count). The molecule has 0 radical (unpaired) electrons. The van der Waals surface area contributed by atoms with Gasteiger partial charge in [0.25, 0.3) is 5.56 Å². The first-order valence-electron chi connectivity index (χ1n) is 7.35. The highest BCUT2D eigenvalue weighted by molar-refractivity contribution is 5.20. The van der Waals surface area contributed by atoms with Crippen molar-refractivity contribution in [3.8, 4) is 0 Å². The maximum absolute atomic E-state index is 12.0. The summed E-state index contributed by atoms with van der Waals surface area (Å²) in [5, 5.41) is 4.20. The van der Waals surface area contributed by atoms with Gasteiger partial charge in [-0.25, -0.2) is 14.6 Å². The summed E-state index contributed by atoms with van der Waals surface area (Å²) in [5.74, 6) is 1.67. The van der Waals surface area contributed by atoms with Gasteiger partial charge in [0.05, 0.1) is 12.2 Å². The molecule has 0 spiro atoms. The number of aromatic amines is 1. The van der Waals surface area contributed by atoms with Gasteiger partial charge in [-0.2, -0.15) is 5.10 Å². The molecule has 0 saturated heterocycles. The van der Waals surface area contributed by atoms with E-state index >= 15 is 0 Å². The van der Waals surface area contributed by atoms with Crippen molar-refractivity contribution in [1.29, 1.82) is 0 Å². The average Bonchev–Trinajstić information content (AvgIpc) is 2.80. The Kier molecular flexibility index (Phi) is 3.83. The van der Waals surface area contributed by atoms with E-state index in [1.807, 2.05) is 11.6 Å². The fraction of sp³-hybridized carbons (Fsp3) is 0.571. The topological polar surface area (TPSA) is 79.7 Å². The minimum atomic E-state index is 0.0103. The molecule has 1 aliphatic heterocycles. The summed E-state index contributed by atoms with van der Waals surface area (Å²) in [6.45, 7) is 7.20. The second-order valence-corrected chi connectivity index (χ2v) is 5.34. The van der Waals surface area contributed by atoms with E-state index in [1.54, 1.807) is 6.33 Å². The lowest BCUT2D eigenvalue weighted by Crippen LogP contribution is -2.28. The maximum atomic E-state index is 12.0. The molecule has 21 heavy (non-hydrogen) atoms. The molecular formula is C14H20N6O. The summed E-state index contributed by atoms with van der Waals surface area (Å²) in [7, 11) is 0. The Labute approximate surface area is 123 Å². The second-order valence-electron chi connectivity index (χ2n) is 5.34. The number of aryl methyl sites for hydroxylation is 2. The van der Waals surface area contributed by atoms with Gasteiger partial charge >= 0.3 is 0 Å². The summed E-state index contributed by atoms with van der Waals surface area (Å²) in [4.78, 5) is 25.9. The number of hydrogen-bond donors (Lipinski definition) is 1. The molecule has 2 aromatic heterocycles. The van der Waals surface area contributed by atoms with Crippen molar-refractivity contribution in [3.05, 3.63) is 39.6 Å². The van der Waals surface area contributed by atoms with Gasteiger partial charge in [-0.1, -0.05) is 0 Å². The third-order valence-electron chi connectivity index (χ3n) is 3.92. The molecule has 0 saturated carbocycles. The Morgan fingerprint density at radius 2 is 2.14 bits per heavy atom. The summed E-state index contributed by atoms with van der Waals surface area (Å²) < 4.78 is 1.91. The van der Waals surface area contributed by atoms with Crippen molar-refractivity contribution in [3.63, 3.8) is 0 Å². The van der Waals surface area contributed by atoms with Crippen LogP contribution in [0.2, 0.25) is 0 Å². The van der Waals surface area contributed by atoms with Crippen LogP contribution in [0.15, 0.2) is 11.1 Å². The number of hydrogen-bond acceptors (Lipinski definition) is 5. The maximum Gasteiger partial charge on any atom is 0.254 e. The molecule has 7 heteroatoms. The van der Waals surface area contributed by atoms with Gasteiger partial charge in [-0.15, -0.1) is 0 Å². The smallest absolute Gasteiger partial charge is 0.254 e. The van der Waals surface area contributed by atoms with Crippen molar-refractivity contribution < 1.29 is 0 Å². The molecule has 3 heterocycles. The van der Waals surface area contributed by atoms with Crippen LogP contribution < -0.4 is 5.56 Å². The van der Waals surface area contributed by atoms with Crippen LogP contribution in [0.4, 0.5) is 0 Å². The zero-order valence-electron chi connectivity index (χ0n) is 12.5. The minimum Gasteiger partial charge on any atom is -0.311 e. The number of fused-ring (bicyclic) bond motifs is 1. The van der Waals surface area contributed by atoms with Crippen LogP contribution >= 0.6 is 0 Å². The first kappa shape index (κ1) is 13.9. The lowest BCUT2D eigenvalue weighted by Gasteiger charge is -2.18. The standard InChI is InChI=1S/C14H20N6O/c1-3-20-13(15-9-16-20)8-19-6-4-11-12(5-7-19)17-10(2)18-14(11)21/h9H,3-8H2,1-2H3,(H,17,18,21). The molecule has 1 N–H and O–H groups in total. The van der Waals surface area contributed by atoms with E-state index in [0.29, 0.717) is 5.82 Å². The second kappa shape index (κ2) is 5.77. The monoisotopic (exact) mass is 288 g/mol. The predicted molar refractivity (Wildman–Crippen MR) is 78.0 cm³/mol. The summed E-state index contributed by atoms with van der Waals surface area (Å²) in [6.07, 6.45) is 3.14. The summed E-state index contributed by atoms with van der Waals surface area (Å²) >= 11 is 0. The fourth-order valence-corrected chi connectivity index (χ4v) is 2.81. The Morgan fingerprint density at radius 3 is 2.95 bits per heavy atom. The fourth-order valence-electron chi connectivity index (χ4n) is 2.81. The van der Waals surface area contributed by atoms with Crippen molar-refractivity contribution in [2.45, 2.75) is 39.8 Å². The Morgan fingerprint density at radius 1 is 1.33 bits per heavy atom. The van der Waals surface area contributed by atoms with E-state index in [4.69, 9.17) is 0 Å². The van der Waals surface area contributed by atoms with E-state index < -0.39 is 0 Å². The highest BCUT2D eigenvalue weighted by atomic mass is 16.1. The molecule has 0 amide bonds. The number of nitrogens with zero attached hydrogens (tertiary/aromatic N) is 5. The van der Waals surface area contributed by atoms with Crippen LogP contribution in [0.3, 0.4) is 0 Å². The van der Waals surface area contributed by atoms with Gasteiger partial charge in [-0.05, 0) is 20.3 Å². The number of aromatic nitrogens is 5. The van der Waals surface area contributed by atoms with Crippen LogP contribution in [0.1, 0.15) is 29.8 Å². The zero-order valence-corrected chi connectivity index (χ0v) is 12.5. The van der Waals surface area contributed by atoms with Crippen molar-refractivity contribution in [2.75, 3.05) is 13.1 Å². The van der Waals surface area contributed by atoms with Gasteiger partial charge in [-0.3, -0.25) is 9.69 Å². The Hall–Kier alpha value is -2.02. The normalized spacial score (nSPS) is 15.7. The first-order valence-corrected chi connectivity index (χ1v) is 7.35.